The van der Waals surface area contributed by atoms with Gasteiger partial charge >= 0.3 is 0 Å². The van der Waals surface area contributed by atoms with E-state index in [1.807, 2.05) is 0 Å². The number of rotatable bonds is 1. The molecule has 0 spiro atoms. The van der Waals surface area contributed by atoms with Crippen molar-refractivity contribution in [3.63, 3.8) is 0 Å². The van der Waals surface area contributed by atoms with Crippen LogP contribution >= 0.6 is 0 Å². The van der Waals surface area contributed by atoms with Crippen LogP contribution < -0.4 is 0 Å². The van der Waals surface area contributed by atoms with Gasteiger partial charge in [0, 0.05) is 38.3 Å². The van der Waals surface area contributed by atoms with Gasteiger partial charge in [0.2, 0.25) is 0 Å². The van der Waals surface area contributed by atoms with Crippen LogP contribution in [0.25, 0.3) is 49.3 Å². The Labute approximate surface area is 209 Å². The predicted molar refractivity (Wildman–Crippen MR) is 151 cm³/mol. The standard InChI is InChI=1S/C34H26N2/c1-3-7-31-27(5-1)28-6-2-4-8-32(28)36(31)26-19-20-30-29(21-26)33-24-15-13-22-9-11-23(12-10-22)14-16-25(18-17-24)34(33)35-30/h1-12,17-21,35H,13-16H2. The molecule has 1 N–H and O–H groups in total. The fourth-order valence-electron chi connectivity index (χ4n) is 6.31. The number of para-hydroxylation sites is 2. The van der Waals surface area contributed by atoms with E-state index in [1.165, 1.54) is 71.6 Å². The van der Waals surface area contributed by atoms with Crippen LogP contribution in [0.15, 0.2) is 103 Å². The van der Waals surface area contributed by atoms with Gasteiger partial charge < -0.3 is 9.55 Å². The van der Waals surface area contributed by atoms with Crippen LogP contribution in [0.4, 0.5) is 0 Å². The van der Waals surface area contributed by atoms with Crippen molar-refractivity contribution in [3.8, 4) is 5.69 Å². The average Bonchev–Trinajstić information content (AvgIpc) is 3.46. The molecular formula is C34H26N2. The van der Waals surface area contributed by atoms with Crippen molar-refractivity contribution in [2.45, 2.75) is 25.7 Å². The maximum Gasteiger partial charge on any atom is 0.0541 e. The highest BCUT2D eigenvalue weighted by atomic mass is 15.0. The molecule has 4 aliphatic carbocycles. The number of fused-ring (bicyclic) bond motifs is 4. The molecule has 0 aliphatic heterocycles. The minimum Gasteiger partial charge on any atom is -0.354 e. The molecule has 0 saturated carbocycles. The Hall–Kier alpha value is -4.30. The number of hydrogen-bond donors (Lipinski definition) is 1. The summed E-state index contributed by atoms with van der Waals surface area (Å²) in [7, 11) is 0. The molecule has 0 radical (unpaired) electrons. The number of benzene rings is 5. The number of nitrogens with zero attached hydrogens (tertiary/aromatic N) is 1. The lowest BCUT2D eigenvalue weighted by Crippen LogP contribution is -1.99. The molecule has 7 aromatic rings. The monoisotopic (exact) mass is 462 g/mol. The maximum atomic E-state index is 3.82. The van der Waals surface area contributed by atoms with Crippen LogP contribution in [0.3, 0.4) is 0 Å². The lowest BCUT2D eigenvalue weighted by molar-refractivity contribution is 0.933. The van der Waals surface area contributed by atoms with Gasteiger partial charge in [-0.15, -0.1) is 0 Å². The van der Waals surface area contributed by atoms with E-state index in [1.54, 1.807) is 0 Å². The second-order valence-corrected chi connectivity index (χ2v) is 10.2. The zero-order valence-corrected chi connectivity index (χ0v) is 20.1. The Morgan fingerprint density at radius 3 is 1.83 bits per heavy atom. The van der Waals surface area contributed by atoms with Gasteiger partial charge in [-0.2, -0.15) is 0 Å². The van der Waals surface area contributed by atoms with Crippen LogP contribution in [0, 0.1) is 0 Å². The molecule has 0 amide bonds. The molecule has 5 aromatic carbocycles. The van der Waals surface area contributed by atoms with Crippen LogP contribution in [0.2, 0.25) is 0 Å². The molecule has 172 valence electrons. The molecule has 2 aromatic heterocycles. The summed E-state index contributed by atoms with van der Waals surface area (Å²) in [5.41, 5.74) is 11.9. The van der Waals surface area contributed by atoms with Crippen molar-refractivity contribution in [2.75, 3.05) is 0 Å². The predicted octanol–water partition coefficient (Wildman–Crippen LogP) is 8.30. The zero-order chi connectivity index (χ0) is 23.6. The first-order valence-electron chi connectivity index (χ1n) is 13.0. The van der Waals surface area contributed by atoms with Crippen molar-refractivity contribution in [1.29, 1.82) is 0 Å². The molecule has 11 rings (SSSR count). The summed E-state index contributed by atoms with van der Waals surface area (Å²) in [5.74, 6) is 0. The van der Waals surface area contributed by atoms with E-state index in [2.05, 4.69) is 113 Å². The van der Waals surface area contributed by atoms with E-state index in [-0.39, 0.29) is 0 Å². The number of aromatic nitrogens is 2. The Bertz CT molecular complexity index is 1880. The fraction of sp³-hybridized carbons (Fsp3) is 0.118. The van der Waals surface area contributed by atoms with Gasteiger partial charge in [-0.05, 0) is 78.3 Å². The number of aryl methyl sites for hydroxylation is 4. The molecule has 2 heterocycles. The van der Waals surface area contributed by atoms with Gasteiger partial charge in [-0.25, -0.2) is 0 Å². The minimum absolute atomic E-state index is 1.04. The summed E-state index contributed by atoms with van der Waals surface area (Å²) in [4.78, 5) is 3.82. The van der Waals surface area contributed by atoms with E-state index in [0.29, 0.717) is 0 Å². The summed E-state index contributed by atoms with van der Waals surface area (Å²) in [6.07, 6.45) is 4.22. The van der Waals surface area contributed by atoms with Gasteiger partial charge in [0.15, 0.2) is 0 Å². The average molecular weight is 463 g/mol. The largest absolute Gasteiger partial charge is 0.354 e. The Morgan fingerprint density at radius 1 is 0.528 bits per heavy atom. The van der Waals surface area contributed by atoms with Crippen molar-refractivity contribution < 1.29 is 0 Å². The summed E-state index contributed by atoms with van der Waals surface area (Å²) in [6, 6.07) is 38.4. The molecule has 4 aliphatic rings. The topological polar surface area (TPSA) is 20.7 Å². The lowest BCUT2D eigenvalue weighted by Gasteiger charge is -2.12. The van der Waals surface area contributed by atoms with Gasteiger partial charge in [-0.1, -0.05) is 72.8 Å². The third-order valence-electron chi connectivity index (χ3n) is 8.14. The molecule has 36 heavy (non-hydrogen) atoms. The highest BCUT2D eigenvalue weighted by Crippen LogP contribution is 2.36. The first-order chi connectivity index (χ1) is 17.8. The lowest BCUT2D eigenvalue weighted by atomic mass is 9.93. The zero-order valence-electron chi connectivity index (χ0n) is 20.1. The van der Waals surface area contributed by atoms with Gasteiger partial charge in [0.05, 0.1) is 11.0 Å². The number of hydrogen-bond acceptors (Lipinski definition) is 0. The first kappa shape index (κ1) is 19.9. The highest BCUT2D eigenvalue weighted by molar-refractivity contribution is 6.12. The van der Waals surface area contributed by atoms with E-state index >= 15 is 0 Å². The molecule has 2 nitrogen and oxygen atoms in total. The number of H-pyrrole nitrogens is 1. The second-order valence-electron chi connectivity index (χ2n) is 10.2. The third-order valence-corrected chi connectivity index (χ3v) is 8.14. The Morgan fingerprint density at radius 2 is 1.14 bits per heavy atom. The van der Waals surface area contributed by atoms with Gasteiger partial charge in [0.25, 0.3) is 0 Å². The molecule has 4 bridgehead atoms. The summed E-state index contributed by atoms with van der Waals surface area (Å²) in [5, 5.41) is 5.33. The molecule has 0 saturated heterocycles. The van der Waals surface area contributed by atoms with E-state index in [4.69, 9.17) is 0 Å². The Balaban J connectivity index is 1.39. The molecular weight excluding hydrogens is 436 g/mol. The minimum atomic E-state index is 1.04. The molecule has 0 unspecified atom stereocenters. The van der Waals surface area contributed by atoms with E-state index < -0.39 is 0 Å². The normalized spacial score (nSPS) is 13.7. The van der Waals surface area contributed by atoms with Crippen molar-refractivity contribution in [1.82, 2.24) is 9.55 Å². The van der Waals surface area contributed by atoms with Crippen molar-refractivity contribution in [2.24, 2.45) is 0 Å². The van der Waals surface area contributed by atoms with Crippen LogP contribution in [0.1, 0.15) is 22.3 Å². The van der Waals surface area contributed by atoms with Crippen LogP contribution in [-0.4, -0.2) is 9.55 Å². The van der Waals surface area contributed by atoms with Crippen LogP contribution in [-0.2, 0) is 25.7 Å². The highest BCUT2D eigenvalue weighted by Gasteiger charge is 2.17. The first-order valence-corrected chi connectivity index (χ1v) is 13.0. The van der Waals surface area contributed by atoms with Crippen molar-refractivity contribution in [3.05, 3.63) is 125 Å². The van der Waals surface area contributed by atoms with Gasteiger partial charge in [0.1, 0.15) is 0 Å². The number of nitrogens with one attached hydrogen (secondary N) is 1. The summed E-state index contributed by atoms with van der Waals surface area (Å²) < 4.78 is 2.42. The van der Waals surface area contributed by atoms with Gasteiger partial charge in [-0.3, -0.25) is 0 Å². The molecule has 2 heteroatoms. The summed E-state index contributed by atoms with van der Waals surface area (Å²) >= 11 is 0. The SMILES string of the molecule is c1ccc2c(c1)c1ccccc1n2-c1ccc2[nH]c3c4ccc(c3c2c1)CCc1ccc(cc1)CC4. The number of aromatic amines is 1. The van der Waals surface area contributed by atoms with E-state index in [0.717, 1.165) is 25.7 Å². The fourth-order valence-corrected chi connectivity index (χ4v) is 6.31. The maximum absolute atomic E-state index is 3.82. The van der Waals surface area contributed by atoms with E-state index in [9.17, 15) is 0 Å². The summed E-state index contributed by atoms with van der Waals surface area (Å²) in [6.45, 7) is 0. The van der Waals surface area contributed by atoms with Crippen LogP contribution in [0.5, 0.6) is 0 Å². The van der Waals surface area contributed by atoms with Crippen molar-refractivity contribution >= 4 is 43.6 Å². The molecule has 0 atom stereocenters. The smallest absolute Gasteiger partial charge is 0.0541 e. The molecule has 0 fully saturated rings. The Kier molecular flexibility index (Phi) is 4.21. The third kappa shape index (κ3) is 2.91. The quantitative estimate of drug-likeness (QED) is 0.253. The second kappa shape index (κ2) is 7.60.